The van der Waals surface area contributed by atoms with E-state index in [9.17, 15) is 9.59 Å². The first-order valence-electron chi connectivity index (χ1n) is 11.0. The minimum Gasteiger partial charge on any atom is -0.361 e. The second-order valence-electron chi connectivity index (χ2n) is 8.11. The van der Waals surface area contributed by atoms with E-state index in [0.717, 1.165) is 56.0 Å². The lowest BCUT2D eigenvalue weighted by atomic mass is 10.1. The van der Waals surface area contributed by atoms with Gasteiger partial charge in [-0.3, -0.25) is 9.59 Å². The minimum absolute atomic E-state index is 0.0634. The van der Waals surface area contributed by atoms with E-state index < -0.39 is 0 Å². The number of nitrogens with zero attached hydrogens (tertiary/aromatic N) is 2. The van der Waals surface area contributed by atoms with Gasteiger partial charge in [-0.15, -0.1) is 0 Å². The van der Waals surface area contributed by atoms with Gasteiger partial charge in [-0.05, 0) is 37.6 Å². The molecule has 2 aromatic rings. The van der Waals surface area contributed by atoms with Gasteiger partial charge in [-0.2, -0.15) is 0 Å². The SMILES string of the molecule is CCCN1C(=O)c2ccccc2[C@@H]1Nc1cccc(C(=O)N2CC[NH+](CC)CC2)c1. The van der Waals surface area contributed by atoms with Crippen molar-refractivity contribution in [1.29, 1.82) is 0 Å². The van der Waals surface area contributed by atoms with Crippen LogP contribution in [0, 0.1) is 0 Å². The fraction of sp³-hybridized carbons (Fsp3) is 0.417. The Labute approximate surface area is 178 Å². The number of quaternary nitrogens is 1. The van der Waals surface area contributed by atoms with Crippen LogP contribution in [0.25, 0.3) is 0 Å². The summed E-state index contributed by atoms with van der Waals surface area (Å²) in [6.07, 6.45) is 0.679. The molecule has 0 radical (unpaired) electrons. The Morgan fingerprint density at radius 1 is 1.10 bits per heavy atom. The molecule has 0 aliphatic carbocycles. The van der Waals surface area contributed by atoms with E-state index in [1.165, 1.54) is 0 Å². The summed E-state index contributed by atoms with van der Waals surface area (Å²) in [6, 6.07) is 15.4. The molecule has 1 saturated heterocycles. The monoisotopic (exact) mass is 407 g/mol. The van der Waals surface area contributed by atoms with Crippen molar-refractivity contribution in [2.45, 2.75) is 26.4 Å². The molecule has 2 heterocycles. The van der Waals surface area contributed by atoms with E-state index in [4.69, 9.17) is 0 Å². The lowest BCUT2D eigenvalue weighted by Gasteiger charge is -2.32. The maximum atomic E-state index is 13.0. The summed E-state index contributed by atoms with van der Waals surface area (Å²) in [5.74, 6) is 0.149. The summed E-state index contributed by atoms with van der Waals surface area (Å²) in [4.78, 5) is 31.3. The number of hydrogen-bond donors (Lipinski definition) is 2. The molecule has 158 valence electrons. The van der Waals surface area contributed by atoms with Crippen molar-refractivity contribution in [3.05, 3.63) is 65.2 Å². The predicted molar refractivity (Wildman–Crippen MR) is 118 cm³/mol. The molecule has 2 N–H and O–H groups in total. The second kappa shape index (κ2) is 8.88. The average Bonchev–Trinajstić information content (AvgIpc) is 3.05. The third kappa shape index (κ3) is 3.92. The number of benzene rings is 2. The van der Waals surface area contributed by atoms with Crippen LogP contribution in [-0.2, 0) is 0 Å². The third-order valence-corrected chi connectivity index (χ3v) is 6.19. The number of hydrogen-bond acceptors (Lipinski definition) is 3. The number of carbonyl (C=O) groups is 2. The summed E-state index contributed by atoms with van der Waals surface area (Å²) in [6.45, 7) is 9.68. The predicted octanol–water partition coefficient (Wildman–Crippen LogP) is 2.02. The molecule has 0 spiro atoms. The first-order valence-corrected chi connectivity index (χ1v) is 11.0. The third-order valence-electron chi connectivity index (χ3n) is 6.19. The van der Waals surface area contributed by atoms with Crippen LogP contribution in [0.5, 0.6) is 0 Å². The minimum atomic E-state index is -0.212. The van der Waals surface area contributed by atoms with Crippen molar-refractivity contribution in [3.8, 4) is 0 Å². The van der Waals surface area contributed by atoms with Crippen molar-refractivity contribution in [2.75, 3.05) is 44.6 Å². The van der Waals surface area contributed by atoms with Crippen molar-refractivity contribution in [1.82, 2.24) is 9.80 Å². The number of nitrogens with one attached hydrogen (secondary N) is 2. The highest BCUT2D eigenvalue weighted by Crippen LogP contribution is 2.34. The molecule has 0 unspecified atom stereocenters. The Bertz CT molecular complexity index is 921. The first kappa shape index (κ1) is 20.4. The lowest BCUT2D eigenvalue weighted by molar-refractivity contribution is -0.902. The average molecular weight is 408 g/mol. The number of rotatable bonds is 6. The summed E-state index contributed by atoms with van der Waals surface area (Å²) >= 11 is 0. The Morgan fingerprint density at radius 2 is 1.87 bits per heavy atom. The van der Waals surface area contributed by atoms with Crippen LogP contribution >= 0.6 is 0 Å². The van der Waals surface area contributed by atoms with E-state index in [2.05, 4.69) is 19.2 Å². The maximum absolute atomic E-state index is 13.0. The van der Waals surface area contributed by atoms with Crippen LogP contribution in [0.3, 0.4) is 0 Å². The molecule has 4 rings (SSSR count). The Morgan fingerprint density at radius 3 is 2.60 bits per heavy atom. The van der Waals surface area contributed by atoms with Gasteiger partial charge >= 0.3 is 0 Å². The molecular weight excluding hydrogens is 376 g/mol. The highest BCUT2D eigenvalue weighted by molar-refractivity contribution is 5.99. The van der Waals surface area contributed by atoms with Crippen LogP contribution in [0.15, 0.2) is 48.5 Å². The highest BCUT2D eigenvalue weighted by Gasteiger charge is 2.35. The van der Waals surface area contributed by atoms with Crippen LogP contribution in [0.1, 0.15) is 52.7 Å². The van der Waals surface area contributed by atoms with Crippen molar-refractivity contribution < 1.29 is 14.5 Å². The number of anilines is 1. The van der Waals surface area contributed by atoms with E-state index in [1.807, 2.05) is 58.3 Å². The van der Waals surface area contributed by atoms with Crippen LogP contribution in [0.4, 0.5) is 5.69 Å². The maximum Gasteiger partial charge on any atom is 0.256 e. The smallest absolute Gasteiger partial charge is 0.256 e. The van der Waals surface area contributed by atoms with Gasteiger partial charge in [-0.1, -0.05) is 31.2 Å². The van der Waals surface area contributed by atoms with Crippen LogP contribution in [-0.4, -0.2) is 60.9 Å². The molecule has 6 heteroatoms. The normalized spacial score (nSPS) is 19.1. The van der Waals surface area contributed by atoms with Gasteiger partial charge in [0, 0.05) is 28.9 Å². The molecule has 2 aliphatic heterocycles. The van der Waals surface area contributed by atoms with Gasteiger partial charge < -0.3 is 20.0 Å². The van der Waals surface area contributed by atoms with Gasteiger partial charge in [0.1, 0.15) is 6.17 Å². The Kier molecular flexibility index (Phi) is 6.04. The molecule has 2 amide bonds. The quantitative estimate of drug-likeness (QED) is 0.770. The summed E-state index contributed by atoms with van der Waals surface area (Å²) in [5.41, 5.74) is 3.30. The van der Waals surface area contributed by atoms with Crippen LogP contribution in [0.2, 0.25) is 0 Å². The largest absolute Gasteiger partial charge is 0.361 e. The molecule has 2 aliphatic rings. The molecule has 2 aromatic carbocycles. The van der Waals surface area contributed by atoms with Crippen molar-refractivity contribution in [2.24, 2.45) is 0 Å². The molecule has 30 heavy (non-hydrogen) atoms. The van der Waals surface area contributed by atoms with Crippen LogP contribution < -0.4 is 10.2 Å². The molecule has 6 nitrogen and oxygen atoms in total. The summed E-state index contributed by atoms with van der Waals surface area (Å²) in [5, 5.41) is 3.51. The Balaban J connectivity index is 1.53. The first-order chi connectivity index (χ1) is 14.6. The fourth-order valence-electron chi connectivity index (χ4n) is 4.46. The van der Waals surface area contributed by atoms with E-state index in [1.54, 1.807) is 4.90 Å². The molecule has 0 aromatic heterocycles. The number of amides is 2. The second-order valence-corrected chi connectivity index (χ2v) is 8.11. The zero-order chi connectivity index (χ0) is 21.1. The Hall–Kier alpha value is -2.86. The van der Waals surface area contributed by atoms with Gasteiger partial charge in [0.15, 0.2) is 0 Å². The topological polar surface area (TPSA) is 57.1 Å². The number of likely N-dealkylation sites (N-methyl/N-ethyl adjacent to an activating group) is 1. The number of fused-ring (bicyclic) bond motifs is 1. The van der Waals surface area contributed by atoms with Crippen molar-refractivity contribution >= 4 is 17.5 Å². The zero-order valence-corrected chi connectivity index (χ0v) is 17.9. The fourth-order valence-corrected chi connectivity index (χ4v) is 4.46. The zero-order valence-electron chi connectivity index (χ0n) is 17.9. The molecular formula is C24H31N4O2+. The highest BCUT2D eigenvalue weighted by atomic mass is 16.2. The summed E-state index contributed by atoms with van der Waals surface area (Å²) < 4.78 is 0. The van der Waals surface area contributed by atoms with Crippen molar-refractivity contribution in [3.63, 3.8) is 0 Å². The standard InChI is InChI=1S/C24H30N4O2/c1-3-12-28-22(20-10-5-6-11-21(20)24(28)30)25-19-9-7-8-18(17-19)23(29)27-15-13-26(4-2)14-16-27/h5-11,17,22,25H,3-4,12-16H2,1-2H3/p+1/t22-/m1/s1. The summed E-state index contributed by atoms with van der Waals surface area (Å²) in [7, 11) is 0. The molecule has 1 atom stereocenters. The number of carbonyl (C=O) groups excluding carboxylic acids is 2. The molecule has 1 fully saturated rings. The molecule has 0 bridgehead atoms. The number of piperazine rings is 1. The van der Waals surface area contributed by atoms with E-state index in [0.29, 0.717) is 12.1 Å². The van der Waals surface area contributed by atoms with Gasteiger partial charge in [0.25, 0.3) is 11.8 Å². The van der Waals surface area contributed by atoms with E-state index >= 15 is 0 Å². The van der Waals surface area contributed by atoms with Gasteiger partial charge in [0.2, 0.25) is 0 Å². The van der Waals surface area contributed by atoms with E-state index in [-0.39, 0.29) is 18.0 Å². The molecule has 0 saturated carbocycles. The van der Waals surface area contributed by atoms with Gasteiger partial charge in [-0.25, -0.2) is 0 Å². The van der Waals surface area contributed by atoms with Gasteiger partial charge in [0.05, 0.1) is 32.7 Å². The lowest BCUT2D eigenvalue weighted by Crippen LogP contribution is -3.14.